The van der Waals surface area contributed by atoms with E-state index in [0.717, 1.165) is 24.3 Å². The molecule has 0 aliphatic carbocycles. The molecule has 0 saturated carbocycles. The highest BCUT2D eigenvalue weighted by Crippen LogP contribution is 2.30. The minimum absolute atomic E-state index is 0.354. The number of nitrogens with one attached hydrogen (secondary N) is 1. The van der Waals surface area contributed by atoms with Gasteiger partial charge in [-0.3, -0.25) is 0 Å². The van der Waals surface area contributed by atoms with E-state index in [1.165, 1.54) is 30.0 Å². The number of piperidine rings is 2. The molecule has 1 N–H and O–H groups in total. The van der Waals surface area contributed by atoms with Crippen LogP contribution in [0.3, 0.4) is 0 Å². The summed E-state index contributed by atoms with van der Waals surface area (Å²) in [6.07, 6.45) is 6.59. The van der Waals surface area contributed by atoms with Crippen molar-refractivity contribution in [1.29, 1.82) is 0 Å². The van der Waals surface area contributed by atoms with Gasteiger partial charge in [0.25, 0.3) is 0 Å². The Morgan fingerprint density at radius 3 is 2.23 bits per heavy atom. The van der Waals surface area contributed by atoms with Crippen molar-refractivity contribution in [3.05, 3.63) is 36.4 Å². The van der Waals surface area contributed by atoms with Gasteiger partial charge >= 0.3 is 0 Å². The van der Waals surface area contributed by atoms with Gasteiger partial charge in [0.2, 0.25) is 0 Å². The highest BCUT2D eigenvalue weighted by molar-refractivity contribution is 5.85. The second-order valence-electron chi connectivity index (χ2n) is 6.58. The zero-order chi connectivity index (χ0) is 14.9. The average molecular weight is 297 g/mol. The number of benzene rings is 2. The van der Waals surface area contributed by atoms with Crippen LogP contribution in [0.5, 0.6) is 11.5 Å². The van der Waals surface area contributed by atoms with Crippen molar-refractivity contribution in [2.75, 3.05) is 7.11 Å². The lowest BCUT2D eigenvalue weighted by Gasteiger charge is -2.40. The number of rotatable bonds is 3. The van der Waals surface area contributed by atoms with Crippen molar-refractivity contribution >= 4 is 10.8 Å². The smallest absolute Gasteiger partial charge is 0.120 e. The normalized spacial score (nSPS) is 27.6. The summed E-state index contributed by atoms with van der Waals surface area (Å²) >= 11 is 0. The molecule has 3 nitrogen and oxygen atoms in total. The van der Waals surface area contributed by atoms with Crippen molar-refractivity contribution in [1.82, 2.24) is 5.32 Å². The molecule has 2 aromatic carbocycles. The van der Waals surface area contributed by atoms with E-state index in [0.29, 0.717) is 18.2 Å². The quantitative estimate of drug-likeness (QED) is 0.932. The summed E-state index contributed by atoms with van der Waals surface area (Å²) in [5.41, 5.74) is 0. The van der Waals surface area contributed by atoms with Crippen LogP contribution in [0.2, 0.25) is 0 Å². The van der Waals surface area contributed by atoms with E-state index in [1.54, 1.807) is 7.11 Å². The molecule has 116 valence electrons. The van der Waals surface area contributed by atoms with Crippen LogP contribution in [-0.2, 0) is 0 Å². The summed E-state index contributed by atoms with van der Waals surface area (Å²) in [5.74, 6) is 1.88. The van der Waals surface area contributed by atoms with Crippen molar-refractivity contribution in [2.45, 2.75) is 50.3 Å². The van der Waals surface area contributed by atoms with Gasteiger partial charge in [0.05, 0.1) is 7.11 Å². The predicted octanol–water partition coefficient (Wildman–Crippen LogP) is 3.90. The van der Waals surface area contributed by atoms with E-state index >= 15 is 0 Å². The molecule has 2 fully saturated rings. The Kier molecular flexibility index (Phi) is 3.67. The largest absolute Gasteiger partial charge is 0.497 e. The summed E-state index contributed by atoms with van der Waals surface area (Å²) in [6.45, 7) is 0. The number of methoxy groups -OCH3 is 1. The summed E-state index contributed by atoms with van der Waals surface area (Å²) < 4.78 is 11.6. The Morgan fingerprint density at radius 2 is 1.55 bits per heavy atom. The number of ether oxygens (including phenoxy) is 2. The molecule has 2 bridgehead atoms. The standard InChI is InChI=1S/C19H23NO2/c1-21-17-7-5-14-10-18(8-6-13(14)9-17)22-19-11-15-3-2-4-16(12-19)20-15/h5-10,15-16,19-20H,2-4,11-12H2,1H3/t15-,16+,19-. The van der Waals surface area contributed by atoms with Crippen LogP contribution in [0.25, 0.3) is 10.8 Å². The highest BCUT2D eigenvalue weighted by atomic mass is 16.5. The summed E-state index contributed by atoms with van der Waals surface area (Å²) in [5, 5.41) is 6.11. The van der Waals surface area contributed by atoms with E-state index in [9.17, 15) is 0 Å². The second-order valence-corrected chi connectivity index (χ2v) is 6.58. The first-order chi connectivity index (χ1) is 10.8. The fourth-order valence-corrected chi connectivity index (χ4v) is 3.90. The summed E-state index contributed by atoms with van der Waals surface area (Å²) in [6, 6.07) is 13.8. The molecule has 0 radical (unpaired) electrons. The van der Waals surface area contributed by atoms with E-state index in [1.807, 2.05) is 6.07 Å². The van der Waals surface area contributed by atoms with Gasteiger partial charge in [-0.25, -0.2) is 0 Å². The van der Waals surface area contributed by atoms with E-state index < -0.39 is 0 Å². The molecule has 2 aliphatic heterocycles. The van der Waals surface area contributed by atoms with Gasteiger partial charge in [-0.1, -0.05) is 18.6 Å². The van der Waals surface area contributed by atoms with E-state index in [4.69, 9.17) is 9.47 Å². The highest BCUT2D eigenvalue weighted by Gasteiger charge is 2.32. The van der Waals surface area contributed by atoms with Crippen molar-refractivity contribution < 1.29 is 9.47 Å². The van der Waals surface area contributed by atoms with Crippen LogP contribution >= 0.6 is 0 Å². The fourth-order valence-electron chi connectivity index (χ4n) is 3.90. The van der Waals surface area contributed by atoms with Gasteiger partial charge in [0.1, 0.15) is 17.6 Å². The Hall–Kier alpha value is -1.74. The second kappa shape index (κ2) is 5.81. The van der Waals surface area contributed by atoms with Crippen molar-refractivity contribution in [3.63, 3.8) is 0 Å². The topological polar surface area (TPSA) is 30.5 Å². The molecule has 0 aromatic heterocycles. The predicted molar refractivity (Wildman–Crippen MR) is 88.7 cm³/mol. The number of fused-ring (bicyclic) bond motifs is 3. The molecular formula is C19H23NO2. The minimum atomic E-state index is 0.354. The zero-order valence-corrected chi connectivity index (χ0v) is 13.0. The zero-order valence-electron chi connectivity index (χ0n) is 13.0. The van der Waals surface area contributed by atoms with Crippen LogP contribution in [0.1, 0.15) is 32.1 Å². The number of hydrogen-bond acceptors (Lipinski definition) is 3. The van der Waals surface area contributed by atoms with Gasteiger partial charge in [0, 0.05) is 12.1 Å². The Morgan fingerprint density at radius 1 is 0.909 bits per heavy atom. The first-order valence-electron chi connectivity index (χ1n) is 8.31. The van der Waals surface area contributed by atoms with Gasteiger partial charge < -0.3 is 14.8 Å². The average Bonchev–Trinajstić information content (AvgIpc) is 2.54. The van der Waals surface area contributed by atoms with Crippen molar-refractivity contribution in [3.8, 4) is 11.5 Å². The SMILES string of the molecule is COc1ccc2cc(O[C@@H]3C[C@H]4CCC[C@@H](C3)N4)ccc2c1. The van der Waals surface area contributed by atoms with E-state index in [2.05, 4.69) is 35.6 Å². The van der Waals surface area contributed by atoms with E-state index in [-0.39, 0.29) is 0 Å². The minimum Gasteiger partial charge on any atom is -0.497 e. The maximum absolute atomic E-state index is 6.29. The lowest BCUT2D eigenvalue weighted by atomic mass is 9.85. The Balaban J connectivity index is 1.51. The van der Waals surface area contributed by atoms with Crippen LogP contribution < -0.4 is 14.8 Å². The maximum atomic E-state index is 6.29. The van der Waals surface area contributed by atoms with Crippen molar-refractivity contribution in [2.24, 2.45) is 0 Å². The monoisotopic (exact) mass is 297 g/mol. The first-order valence-corrected chi connectivity index (χ1v) is 8.31. The first kappa shape index (κ1) is 13.9. The van der Waals surface area contributed by atoms with Gasteiger partial charge in [0.15, 0.2) is 0 Å². The van der Waals surface area contributed by atoms with Crippen LogP contribution in [0.4, 0.5) is 0 Å². The third kappa shape index (κ3) is 2.78. The Bertz CT molecular complexity index is 658. The third-order valence-electron chi connectivity index (χ3n) is 4.99. The molecule has 0 unspecified atom stereocenters. The maximum Gasteiger partial charge on any atom is 0.120 e. The number of hydrogen-bond donors (Lipinski definition) is 1. The van der Waals surface area contributed by atoms with Crippen LogP contribution in [-0.4, -0.2) is 25.3 Å². The lowest BCUT2D eigenvalue weighted by Crippen LogP contribution is -2.51. The molecule has 4 rings (SSSR count). The molecule has 22 heavy (non-hydrogen) atoms. The summed E-state index contributed by atoms with van der Waals surface area (Å²) in [7, 11) is 1.70. The Labute approximate surface area is 131 Å². The molecule has 2 saturated heterocycles. The molecule has 0 amide bonds. The van der Waals surface area contributed by atoms with Gasteiger partial charge in [-0.05, 0) is 60.7 Å². The molecule has 0 spiro atoms. The lowest BCUT2D eigenvalue weighted by molar-refractivity contribution is 0.0928. The van der Waals surface area contributed by atoms with Crippen LogP contribution in [0.15, 0.2) is 36.4 Å². The van der Waals surface area contributed by atoms with Gasteiger partial charge in [-0.15, -0.1) is 0 Å². The molecule has 3 heteroatoms. The molecular weight excluding hydrogens is 274 g/mol. The molecule has 3 atom stereocenters. The molecule has 2 aliphatic rings. The summed E-state index contributed by atoms with van der Waals surface area (Å²) in [4.78, 5) is 0. The molecule has 2 heterocycles. The van der Waals surface area contributed by atoms with Gasteiger partial charge in [-0.2, -0.15) is 0 Å². The third-order valence-corrected chi connectivity index (χ3v) is 4.99. The fraction of sp³-hybridized carbons (Fsp3) is 0.474. The molecule has 2 aromatic rings. The van der Waals surface area contributed by atoms with Crippen LogP contribution in [0, 0.1) is 0 Å².